The van der Waals surface area contributed by atoms with Crippen LogP contribution < -0.4 is 10.6 Å². The molecule has 2 amide bonds. The molecule has 0 unspecified atom stereocenters. The number of rotatable bonds is 8. The summed E-state index contributed by atoms with van der Waals surface area (Å²) in [5.41, 5.74) is 0. The molecule has 7 nitrogen and oxygen atoms in total. The fourth-order valence-corrected chi connectivity index (χ4v) is 4.24. The number of nitrogens with one attached hydrogen (secondary N) is 2. The summed E-state index contributed by atoms with van der Waals surface area (Å²) in [5, 5.41) is 15.5. The molecule has 3 rings (SSSR count). The molecule has 140 valence electrons. The third-order valence-electron chi connectivity index (χ3n) is 4.98. The van der Waals surface area contributed by atoms with Crippen LogP contribution in [0, 0.1) is 0 Å². The van der Waals surface area contributed by atoms with Crippen LogP contribution in [0.3, 0.4) is 0 Å². The molecule has 0 spiro atoms. The Balaban J connectivity index is 1.39. The fourth-order valence-electron chi connectivity index (χ4n) is 3.67. The standard InChI is InChI=1S/C17H29N5O2S/c1-25-17-21-20-15(22(17)13-6-2-3-7-13)9-4-10-18-16(23)19-12-14-8-5-11-24-14/h13-14H,2-12H2,1H3,(H2,18,19,23)/t14-/m0/s1. The van der Waals surface area contributed by atoms with Crippen molar-refractivity contribution in [1.82, 2.24) is 25.4 Å². The van der Waals surface area contributed by atoms with Crippen LogP contribution in [0.25, 0.3) is 0 Å². The summed E-state index contributed by atoms with van der Waals surface area (Å²) in [6, 6.07) is 0.438. The Labute approximate surface area is 153 Å². The van der Waals surface area contributed by atoms with Crippen molar-refractivity contribution >= 4 is 17.8 Å². The summed E-state index contributed by atoms with van der Waals surface area (Å²) >= 11 is 1.66. The Morgan fingerprint density at radius 2 is 2.08 bits per heavy atom. The number of urea groups is 1. The minimum absolute atomic E-state index is 0.113. The first-order valence-electron chi connectivity index (χ1n) is 9.39. The molecule has 25 heavy (non-hydrogen) atoms. The van der Waals surface area contributed by atoms with Crippen LogP contribution in [0.4, 0.5) is 4.79 Å². The molecule has 1 saturated carbocycles. The highest BCUT2D eigenvalue weighted by atomic mass is 32.2. The molecule has 1 aromatic rings. The van der Waals surface area contributed by atoms with E-state index in [1.807, 2.05) is 0 Å². The van der Waals surface area contributed by atoms with E-state index in [0.29, 0.717) is 19.1 Å². The van der Waals surface area contributed by atoms with Gasteiger partial charge in [-0.15, -0.1) is 10.2 Å². The van der Waals surface area contributed by atoms with Crippen LogP contribution in [-0.2, 0) is 11.2 Å². The number of carbonyl (C=O) groups is 1. The van der Waals surface area contributed by atoms with Gasteiger partial charge in [-0.25, -0.2) is 4.79 Å². The molecule has 0 radical (unpaired) electrons. The van der Waals surface area contributed by atoms with Gasteiger partial charge in [0.2, 0.25) is 0 Å². The molecule has 1 aromatic heterocycles. The third-order valence-corrected chi connectivity index (χ3v) is 5.63. The van der Waals surface area contributed by atoms with Gasteiger partial charge in [0, 0.05) is 32.2 Å². The third kappa shape index (κ3) is 5.10. The van der Waals surface area contributed by atoms with Gasteiger partial charge in [-0.2, -0.15) is 0 Å². The molecule has 0 bridgehead atoms. The molecule has 1 saturated heterocycles. The zero-order chi connectivity index (χ0) is 17.5. The number of thioether (sulfide) groups is 1. The van der Waals surface area contributed by atoms with Crippen LogP contribution in [0.5, 0.6) is 0 Å². The highest BCUT2D eigenvalue weighted by molar-refractivity contribution is 7.98. The smallest absolute Gasteiger partial charge is 0.314 e. The fraction of sp³-hybridized carbons (Fsp3) is 0.824. The van der Waals surface area contributed by atoms with Crippen LogP contribution in [0.1, 0.15) is 56.8 Å². The van der Waals surface area contributed by atoms with E-state index in [1.54, 1.807) is 11.8 Å². The Morgan fingerprint density at radius 1 is 1.24 bits per heavy atom. The molecule has 2 fully saturated rings. The SMILES string of the molecule is CSc1nnc(CCCNC(=O)NC[C@@H]2CCCO2)n1C1CCCC1. The normalized spacial score (nSPS) is 20.9. The highest BCUT2D eigenvalue weighted by Crippen LogP contribution is 2.33. The summed E-state index contributed by atoms with van der Waals surface area (Å²) in [6.07, 6.45) is 11.1. The Bertz CT molecular complexity index is 553. The second-order valence-corrected chi connectivity index (χ2v) is 7.56. The van der Waals surface area contributed by atoms with Crippen molar-refractivity contribution < 1.29 is 9.53 Å². The Morgan fingerprint density at radius 3 is 2.80 bits per heavy atom. The monoisotopic (exact) mass is 367 g/mol. The largest absolute Gasteiger partial charge is 0.376 e. The average molecular weight is 368 g/mol. The predicted molar refractivity (Wildman–Crippen MR) is 98.0 cm³/mol. The van der Waals surface area contributed by atoms with Crippen molar-refractivity contribution in [3.05, 3.63) is 5.82 Å². The van der Waals surface area contributed by atoms with Gasteiger partial charge in [0.15, 0.2) is 5.16 Å². The van der Waals surface area contributed by atoms with Gasteiger partial charge in [0.25, 0.3) is 0 Å². The molecular formula is C17H29N5O2S. The first-order valence-corrected chi connectivity index (χ1v) is 10.6. The average Bonchev–Trinajstić information content (AvgIpc) is 3.38. The van der Waals surface area contributed by atoms with E-state index in [1.165, 1.54) is 25.7 Å². The summed E-state index contributed by atoms with van der Waals surface area (Å²) in [4.78, 5) is 11.8. The van der Waals surface area contributed by atoms with Crippen LogP contribution in [0.15, 0.2) is 5.16 Å². The number of carbonyl (C=O) groups excluding carboxylic acids is 1. The molecular weight excluding hydrogens is 338 g/mol. The maximum absolute atomic E-state index is 11.8. The van der Waals surface area contributed by atoms with Crippen molar-refractivity contribution in [2.45, 2.75) is 68.7 Å². The van der Waals surface area contributed by atoms with Gasteiger partial charge in [-0.3, -0.25) is 0 Å². The van der Waals surface area contributed by atoms with E-state index in [0.717, 1.165) is 43.3 Å². The van der Waals surface area contributed by atoms with E-state index in [4.69, 9.17) is 4.74 Å². The van der Waals surface area contributed by atoms with Gasteiger partial charge in [0.1, 0.15) is 5.82 Å². The summed E-state index contributed by atoms with van der Waals surface area (Å²) in [6.45, 7) is 2.05. The molecule has 1 aliphatic heterocycles. The van der Waals surface area contributed by atoms with Crippen molar-refractivity contribution in [3.63, 3.8) is 0 Å². The Hall–Kier alpha value is -1.28. The zero-order valence-corrected chi connectivity index (χ0v) is 15.8. The van der Waals surface area contributed by atoms with Crippen LogP contribution >= 0.6 is 11.8 Å². The molecule has 1 aliphatic carbocycles. The lowest BCUT2D eigenvalue weighted by Crippen LogP contribution is -2.40. The highest BCUT2D eigenvalue weighted by Gasteiger charge is 2.23. The van der Waals surface area contributed by atoms with Gasteiger partial charge in [-0.1, -0.05) is 24.6 Å². The summed E-state index contributed by atoms with van der Waals surface area (Å²) in [7, 11) is 0. The summed E-state index contributed by atoms with van der Waals surface area (Å²) in [5.74, 6) is 1.05. The number of hydrogen-bond donors (Lipinski definition) is 2. The number of aromatic nitrogens is 3. The van der Waals surface area contributed by atoms with Crippen molar-refractivity contribution in [2.24, 2.45) is 0 Å². The van der Waals surface area contributed by atoms with Gasteiger partial charge >= 0.3 is 6.03 Å². The maximum atomic E-state index is 11.8. The van der Waals surface area contributed by atoms with Gasteiger partial charge < -0.3 is 19.9 Å². The van der Waals surface area contributed by atoms with Crippen molar-refractivity contribution in [2.75, 3.05) is 26.0 Å². The molecule has 8 heteroatoms. The number of amides is 2. The van der Waals surface area contributed by atoms with E-state index >= 15 is 0 Å². The van der Waals surface area contributed by atoms with Gasteiger partial charge in [-0.05, 0) is 38.4 Å². The van der Waals surface area contributed by atoms with E-state index in [-0.39, 0.29) is 12.1 Å². The number of hydrogen-bond acceptors (Lipinski definition) is 5. The van der Waals surface area contributed by atoms with E-state index in [9.17, 15) is 4.79 Å². The first kappa shape index (κ1) is 18.5. The second-order valence-electron chi connectivity index (χ2n) is 6.79. The van der Waals surface area contributed by atoms with Crippen LogP contribution in [-0.4, -0.2) is 52.9 Å². The molecule has 2 heterocycles. The zero-order valence-electron chi connectivity index (χ0n) is 15.0. The molecule has 2 N–H and O–H groups in total. The molecule has 0 aromatic carbocycles. The van der Waals surface area contributed by atoms with E-state index in [2.05, 4.69) is 31.7 Å². The maximum Gasteiger partial charge on any atom is 0.314 e. The summed E-state index contributed by atoms with van der Waals surface area (Å²) < 4.78 is 7.83. The first-order chi connectivity index (χ1) is 12.3. The number of nitrogens with zero attached hydrogens (tertiary/aromatic N) is 3. The lowest BCUT2D eigenvalue weighted by atomic mass is 10.2. The lowest BCUT2D eigenvalue weighted by Gasteiger charge is -2.16. The minimum Gasteiger partial charge on any atom is -0.376 e. The number of aryl methyl sites for hydroxylation is 1. The lowest BCUT2D eigenvalue weighted by molar-refractivity contribution is 0.111. The van der Waals surface area contributed by atoms with Crippen LogP contribution in [0.2, 0.25) is 0 Å². The van der Waals surface area contributed by atoms with Crippen molar-refractivity contribution in [3.8, 4) is 0 Å². The number of ether oxygens (including phenoxy) is 1. The second kappa shape index (κ2) is 9.43. The van der Waals surface area contributed by atoms with Gasteiger partial charge in [0.05, 0.1) is 6.10 Å². The Kier molecular flexibility index (Phi) is 6.98. The quantitative estimate of drug-likeness (QED) is 0.545. The molecule has 1 atom stereocenters. The van der Waals surface area contributed by atoms with Crippen molar-refractivity contribution in [1.29, 1.82) is 0 Å². The predicted octanol–water partition coefficient (Wildman–Crippen LogP) is 2.53. The topological polar surface area (TPSA) is 81.1 Å². The molecule has 2 aliphatic rings. The van der Waals surface area contributed by atoms with E-state index < -0.39 is 0 Å². The minimum atomic E-state index is -0.113.